The van der Waals surface area contributed by atoms with Crippen molar-refractivity contribution in [2.24, 2.45) is 0 Å². The molecule has 3 N–H and O–H groups in total. The molecule has 0 saturated carbocycles. The van der Waals surface area contributed by atoms with Crippen LogP contribution in [0.5, 0.6) is 0 Å². The van der Waals surface area contributed by atoms with Gasteiger partial charge in [0.25, 0.3) is 5.91 Å². The summed E-state index contributed by atoms with van der Waals surface area (Å²) in [4.78, 5) is 20.2. The lowest BCUT2D eigenvalue weighted by atomic mass is 9.97. The van der Waals surface area contributed by atoms with E-state index >= 15 is 0 Å². The summed E-state index contributed by atoms with van der Waals surface area (Å²) in [6.07, 6.45) is -7.10. The van der Waals surface area contributed by atoms with Gasteiger partial charge in [0.05, 0.1) is 28.6 Å². The minimum Gasteiger partial charge on any atom is -0.397 e. The number of benzene rings is 1. The Hall–Kier alpha value is -3.63. The number of aromatic nitrogens is 2. The van der Waals surface area contributed by atoms with Crippen molar-refractivity contribution in [2.75, 3.05) is 5.73 Å². The molecule has 0 bridgehead atoms. The first-order valence-corrected chi connectivity index (χ1v) is 8.69. The summed E-state index contributed by atoms with van der Waals surface area (Å²) in [7, 11) is 0. The fraction of sp³-hybridized carbons (Fsp3) is 0.150. The van der Waals surface area contributed by atoms with Gasteiger partial charge in [-0.3, -0.25) is 9.78 Å². The number of hydrogen-bond donors (Lipinski definition) is 2. The predicted molar refractivity (Wildman–Crippen MR) is 98.6 cm³/mol. The van der Waals surface area contributed by atoms with Gasteiger partial charge in [-0.15, -0.1) is 0 Å². The topological polar surface area (TPSA) is 80.9 Å². The van der Waals surface area contributed by atoms with E-state index in [1.54, 1.807) is 0 Å². The Kier molecular flexibility index (Phi) is 5.87. The number of nitrogens with two attached hydrogens (primary N) is 1. The number of amides is 1. The van der Waals surface area contributed by atoms with E-state index in [0.29, 0.717) is 12.1 Å². The highest BCUT2D eigenvalue weighted by atomic mass is 19.4. The first-order chi connectivity index (χ1) is 14.5. The maximum atomic E-state index is 13.5. The smallest absolute Gasteiger partial charge is 0.397 e. The van der Waals surface area contributed by atoms with Crippen molar-refractivity contribution in [2.45, 2.75) is 18.4 Å². The number of carbonyl (C=O) groups excluding carboxylic acids is 1. The Balaban J connectivity index is 2.09. The minimum atomic E-state index is -4.82. The van der Waals surface area contributed by atoms with Crippen LogP contribution in [0.15, 0.2) is 60.9 Å². The van der Waals surface area contributed by atoms with E-state index in [1.807, 2.05) is 0 Å². The molecule has 3 aromatic rings. The summed E-state index contributed by atoms with van der Waals surface area (Å²) in [6.45, 7) is 0. The molecule has 1 aromatic carbocycles. The number of pyridine rings is 2. The fourth-order valence-corrected chi connectivity index (χ4v) is 2.87. The standard InChI is InChI=1S/C20H14F6N4O/c21-19(22,23)12-7-5-11(6-8-12)15(16-13(20(24,25)26)3-1-9-28-16)30-18(31)17-14(27)4-2-10-29-17/h1-10,15H,27H2,(H,30,31)/t15-/m0/s1. The van der Waals surface area contributed by atoms with E-state index in [1.165, 1.54) is 18.3 Å². The van der Waals surface area contributed by atoms with Crippen molar-refractivity contribution in [3.05, 3.63) is 89.0 Å². The number of alkyl halides is 6. The zero-order chi connectivity index (χ0) is 22.8. The lowest BCUT2D eigenvalue weighted by Gasteiger charge is -2.23. The molecule has 5 nitrogen and oxygen atoms in total. The first-order valence-electron chi connectivity index (χ1n) is 8.69. The molecule has 0 spiro atoms. The monoisotopic (exact) mass is 440 g/mol. The second-order valence-electron chi connectivity index (χ2n) is 6.40. The highest BCUT2D eigenvalue weighted by Gasteiger charge is 2.37. The third kappa shape index (κ3) is 4.93. The van der Waals surface area contributed by atoms with Crippen molar-refractivity contribution in [1.29, 1.82) is 0 Å². The second-order valence-corrected chi connectivity index (χ2v) is 6.40. The Labute approximate surface area is 171 Å². The van der Waals surface area contributed by atoms with E-state index in [-0.39, 0.29) is 16.9 Å². The van der Waals surface area contributed by atoms with Gasteiger partial charge < -0.3 is 11.1 Å². The van der Waals surface area contributed by atoms with Crippen LogP contribution in [0.4, 0.5) is 32.0 Å². The maximum Gasteiger partial charge on any atom is 0.418 e. The quantitative estimate of drug-likeness (QED) is 0.581. The van der Waals surface area contributed by atoms with Gasteiger partial charge in [0, 0.05) is 12.4 Å². The molecule has 2 heterocycles. The molecule has 0 fully saturated rings. The van der Waals surface area contributed by atoms with Crippen molar-refractivity contribution >= 4 is 11.6 Å². The molecular weight excluding hydrogens is 426 g/mol. The molecule has 11 heteroatoms. The van der Waals surface area contributed by atoms with E-state index in [9.17, 15) is 31.1 Å². The SMILES string of the molecule is Nc1cccnc1C(=O)N[C@@H](c1ccc(C(F)(F)F)cc1)c1ncccc1C(F)(F)F. The highest BCUT2D eigenvalue weighted by Crippen LogP contribution is 2.36. The average Bonchev–Trinajstić information content (AvgIpc) is 2.71. The van der Waals surface area contributed by atoms with Gasteiger partial charge in [-0.1, -0.05) is 12.1 Å². The molecule has 0 aliphatic heterocycles. The molecule has 1 amide bonds. The normalized spacial score (nSPS) is 13.0. The van der Waals surface area contributed by atoms with Crippen LogP contribution in [0, 0.1) is 0 Å². The van der Waals surface area contributed by atoms with Gasteiger partial charge in [0.2, 0.25) is 0 Å². The van der Waals surface area contributed by atoms with E-state index in [2.05, 4.69) is 15.3 Å². The number of rotatable bonds is 4. The largest absolute Gasteiger partial charge is 0.418 e. The van der Waals surface area contributed by atoms with Crippen LogP contribution in [-0.2, 0) is 12.4 Å². The molecule has 0 aliphatic rings. The number of hydrogen-bond acceptors (Lipinski definition) is 4. The zero-order valence-electron chi connectivity index (χ0n) is 15.5. The minimum absolute atomic E-state index is 0.0248. The summed E-state index contributed by atoms with van der Waals surface area (Å²) < 4.78 is 79.3. The Morgan fingerprint density at radius 1 is 0.871 bits per heavy atom. The second kappa shape index (κ2) is 8.25. The Bertz CT molecular complexity index is 1080. The summed E-state index contributed by atoms with van der Waals surface area (Å²) in [5, 5.41) is 2.35. The van der Waals surface area contributed by atoms with Gasteiger partial charge >= 0.3 is 12.4 Å². The van der Waals surface area contributed by atoms with Gasteiger partial charge in [-0.2, -0.15) is 26.3 Å². The molecule has 3 rings (SSSR count). The summed E-state index contributed by atoms with van der Waals surface area (Å²) in [5.41, 5.74) is 2.66. The van der Waals surface area contributed by atoms with Crippen molar-refractivity contribution < 1.29 is 31.1 Å². The molecule has 31 heavy (non-hydrogen) atoms. The molecular formula is C20H14F6N4O. The van der Waals surface area contributed by atoms with Crippen LogP contribution in [0.25, 0.3) is 0 Å². The molecule has 1 atom stereocenters. The van der Waals surface area contributed by atoms with Crippen LogP contribution < -0.4 is 11.1 Å². The van der Waals surface area contributed by atoms with Crippen LogP contribution in [-0.4, -0.2) is 15.9 Å². The van der Waals surface area contributed by atoms with Crippen molar-refractivity contribution in [1.82, 2.24) is 15.3 Å². The van der Waals surface area contributed by atoms with Gasteiger partial charge in [-0.05, 0) is 42.0 Å². The number of nitrogens with zero attached hydrogens (tertiary/aromatic N) is 2. The molecule has 2 aromatic heterocycles. The first kappa shape index (κ1) is 22.1. The van der Waals surface area contributed by atoms with Crippen LogP contribution in [0.3, 0.4) is 0 Å². The van der Waals surface area contributed by atoms with E-state index in [0.717, 1.165) is 30.5 Å². The summed E-state index contributed by atoms with van der Waals surface area (Å²) >= 11 is 0. The molecule has 0 radical (unpaired) electrons. The molecule has 0 aliphatic carbocycles. The summed E-state index contributed by atoms with van der Waals surface area (Å²) in [5.74, 6) is -0.915. The molecule has 0 unspecified atom stereocenters. The third-order valence-corrected chi connectivity index (χ3v) is 4.32. The molecule has 162 valence electrons. The van der Waals surface area contributed by atoms with Crippen LogP contribution >= 0.6 is 0 Å². The van der Waals surface area contributed by atoms with E-state index < -0.39 is 41.1 Å². The van der Waals surface area contributed by atoms with Crippen LogP contribution in [0.1, 0.15) is 38.9 Å². The predicted octanol–water partition coefficient (Wildman–Crippen LogP) is 4.62. The average molecular weight is 440 g/mol. The number of anilines is 1. The van der Waals surface area contributed by atoms with Crippen LogP contribution in [0.2, 0.25) is 0 Å². The lowest BCUT2D eigenvalue weighted by Crippen LogP contribution is -2.32. The van der Waals surface area contributed by atoms with Gasteiger partial charge in [0.15, 0.2) is 5.69 Å². The fourth-order valence-electron chi connectivity index (χ4n) is 2.87. The molecule has 0 saturated heterocycles. The maximum absolute atomic E-state index is 13.5. The van der Waals surface area contributed by atoms with Gasteiger partial charge in [-0.25, -0.2) is 4.98 Å². The van der Waals surface area contributed by atoms with E-state index in [4.69, 9.17) is 5.73 Å². The Morgan fingerprint density at radius 3 is 2.06 bits per heavy atom. The summed E-state index contributed by atoms with van der Waals surface area (Å²) in [6, 6.07) is 6.51. The number of nitrogen functional groups attached to an aromatic ring is 1. The third-order valence-electron chi connectivity index (χ3n) is 4.32. The number of carbonyl (C=O) groups is 1. The highest BCUT2D eigenvalue weighted by molar-refractivity contribution is 5.97. The van der Waals surface area contributed by atoms with Crippen molar-refractivity contribution in [3.8, 4) is 0 Å². The zero-order valence-corrected chi connectivity index (χ0v) is 15.5. The van der Waals surface area contributed by atoms with Crippen molar-refractivity contribution in [3.63, 3.8) is 0 Å². The lowest BCUT2D eigenvalue weighted by molar-refractivity contribution is -0.139. The Morgan fingerprint density at radius 2 is 1.48 bits per heavy atom. The number of halogens is 6. The number of nitrogens with one attached hydrogen (secondary N) is 1. The van der Waals surface area contributed by atoms with Gasteiger partial charge in [0.1, 0.15) is 0 Å².